The number of hydrogen-bond donors (Lipinski definition) is 1. The molecule has 1 heterocycles. The second-order valence-electron chi connectivity index (χ2n) is 5.95. The van der Waals surface area contributed by atoms with Crippen molar-refractivity contribution >= 4 is 5.97 Å². The molecule has 4 nitrogen and oxygen atoms in total. The van der Waals surface area contributed by atoms with Crippen LogP contribution in [0.1, 0.15) is 31.2 Å². The van der Waals surface area contributed by atoms with E-state index in [0.29, 0.717) is 0 Å². The quantitative estimate of drug-likeness (QED) is 0.786. The second kappa shape index (κ2) is 8.86. The number of benzene rings is 1. The molecule has 1 N–H and O–H groups in total. The molecule has 22 heavy (non-hydrogen) atoms. The molecule has 0 bridgehead atoms. The Hall–Kier alpha value is -1.46. The van der Waals surface area contributed by atoms with Crippen LogP contribution in [-0.2, 0) is 11.3 Å². The van der Waals surface area contributed by atoms with Crippen molar-refractivity contribution in [3.63, 3.8) is 0 Å². The molecule has 0 saturated carbocycles. The fourth-order valence-corrected chi connectivity index (χ4v) is 2.87. The third kappa shape index (κ3) is 6.12. The standard InChI is InChI=1S/C17H25FN2O2/c18-16-7-5-15(6-8-16)14-20-11-3-10-19(12-13-20)9-2-1-4-17(21)22/h5-8H,1-4,9-14H2,(H,21,22). The molecule has 1 aliphatic rings. The first-order chi connectivity index (χ1) is 10.6. The van der Waals surface area contributed by atoms with E-state index >= 15 is 0 Å². The van der Waals surface area contributed by atoms with E-state index in [9.17, 15) is 9.18 Å². The third-order valence-electron chi connectivity index (χ3n) is 4.12. The summed E-state index contributed by atoms with van der Waals surface area (Å²) in [5.74, 6) is -0.895. The van der Waals surface area contributed by atoms with E-state index < -0.39 is 5.97 Å². The summed E-state index contributed by atoms with van der Waals surface area (Å²) in [6.07, 6.45) is 3.10. The van der Waals surface area contributed by atoms with Crippen LogP contribution in [-0.4, -0.2) is 53.6 Å². The SMILES string of the molecule is O=C(O)CCCCN1CCCN(Cc2ccc(F)cc2)CC1. The van der Waals surface area contributed by atoms with Gasteiger partial charge in [-0.05, 0) is 56.6 Å². The number of unbranched alkanes of at least 4 members (excludes halogenated alkanes) is 1. The first kappa shape index (κ1) is 16.9. The molecule has 0 atom stereocenters. The minimum absolute atomic E-state index is 0.188. The zero-order chi connectivity index (χ0) is 15.8. The largest absolute Gasteiger partial charge is 0.481 e. The average molecular weight is 308 g/mol. The Kier molecular flexibility index (Phi) is 6.80. The normalized spacial score (nSPS) is 17.3. The van der Waals surface area contributed by atoms with E-state index in [2.05, 4.69) is 9.80 Å². The Labute approximate surface area is 131 Å². The molecule has 122 valence electrons. The van der Waals surface area contributed by atoms with Crippen LogP contribution in [0.5, 0.6) is 0 Å². The lowest BCUT2D eigenvalue weighted by Crippen LogP contribution is -2.31. The Morgan fingerprint density at radius 2 is 1.73 bits per heavy atom. The fraction of sp³-hybridized carbons (Fsp3) is 0.588. The molecule has 0 aromatic heterocycles. The van der Waals surface area contributed by atoms with Crippen molar-refractivity contribution in [3.8, 4) is 0 Å². The number of nitrogens with zero attached hydrogens (tertiary/aromatic N) is 2. The molecule has 0 aliphatic carbocycles. The van der Waals surface area contributed by atoms with Gasteiger partial charge in [0.2, 0.25) is 0 Å². The summed E-state index contributed by atoms with van der Waals surface area (Å²) in [5, 5.41) is 8.64. The van der Waals surface area contributed by atoms with Gasteiger partial charge in [-0.15, -0.1) is 0 Å². The monoisotopic (exact) mass is 308 g/mol. The van der Waals surface area contributed by atoms with E-state index in [4.69, 9.17) is 5.11 Å². The highest BCUT2D eigenvalue weighted by molar-refractivity contribution is 5.66. The summed E-state index contributed by atoms with van der Waals surface area (Å²) in [6, 6.07) is 6.73. The maximum absolute atomic E-state index is 12.9. The van der Waals surface area contributed by atoms with Gasteiger partial charge in [-0.3, -0.25) is 9.69 Å². The topological polar surface area (TPSA) is 43.8 Å². The molecule has 0 radical (unpaired) electrons. The number of halogens is 1. The molecule has 1 aromatic rings. The van der Waals surface area contributed by atoms with Crippen LogP contribution < -0.4 is 0 Å². The van der Waals surface area contributed by atoms with Gasteiger partial charge < -0.3 is 10.0 Å². The lowest BCUT2D eigenvalue weighted by Gasteiger charge is -2.21. The van der Waals surface area contributed by atoms with Crippen molar-refractivity contribution in [2.24, 2.45) is 0 Å². The summed E-state index contributed by atoms with van der Waals surface area (Å²) in [5.41, 5.74) is 1.15. The van der Waals surface area contributed by atoms with Gasteiger partial charge in [-0.1, -0.05) is 12.1 Å². The molecule has 1 fully saturated rings. The number of rotatable bonds is 7. The van der Waals surface area contributed by atoms with Crippen LogP contribution in [0.15, 0.2) is 24.3 Å². The summed E-state index contributed by atoms with van der Waals surface area (Å²) in [6.45, 7) is 6.02. The minimum atomic E-state index is -0.707. The molecule has 5 heteroatoms. The summed E-state index contributed by atoms with van der Waals surface area (Å²) in [7, 11) is 0. The van der Waals surface area contributed by atoms with Gasteiger partial charge in [-0.25, -0.2) is 4.39 Å². The van der Waals surface area contributed by atoms with Crippen molar-refractivity contribution in [3.05, 3.63) is 35.6 Å². The number of carboxylic acids is 1. The molecule has 1 aliphatic heterocycles. The van der Waals surface area contributed by atoms with Crippen LogP contribution in [0.4, 0.5) is 4.39 Å². The van der Waals surface area contributed by atoms with Gasteiger partial charge >= 0.3 is 5.97 Å². The predicted molar refractivity (Wildman–Crippen MR) is 84.2 cm³/mol. The van der Waals surface area contributed by atoms with Crippen LogP contribution in [0, 0.1) is 5.82 Å². The zero-order valence-corrected chi connectivity index (χ0v) is 13.0. The van der Waals surface area contributed by atoms with Gasteiger partial charge in [0.15, 0.2) is 0 Å². The van der Waals surface area contributed by atoms with Crippen molar-refractivity contribution in [2.45, 2.75) is 32.2 Å². The minimum Gasteiger partial charge on any atom is -0.481 e. The Balaban J connectivity index is 1.70. The van der Waals surface area contributed by atoms with E-state index in [-0.39, 0.29) is 12.2 Å². The summed E-state index contributed by atoms with van der Waals surface area (Å²) in [4.78, 5) is 15.3. The number of carbonyl (C=O) groups is 1. The van der Waals surface area contributed by atoms with Crippen LogP contribution in [0.3, 0.4) is 0 Å². The number of hydrogen-bond acceptors (Lipinski definition) is 3. The molecule has 0 unspecified atom stereocenters. The maximum Gasteiger partial charge on any atom is 0.303 e. The Morgan fingerprint density at radius 1 is 1.05 bits per heavy atom. The highest BCUT2D eigenvalue weighted by Crippen LogP contribution is 2.11. The Bertz CT molecular complexity index is 464. The fourth-order valence-electron chi connectivity index (χ4n) is 2.87. The van der Waals surface area contributed by atoms with Gasteiger partial charge in [0.25, 0.3) is 0 Å². The van der Waals surface area contributed by atoms with Crippen LogP contribution >= 0.6 is 0 Å². The zero-order valence-electron chi connectivity index (χ0n) is 13.0. The molecule has 0 amide bonds. The Morgan fingerprint density at radius 3 is 2.45 bits per heavy atom. The predicted octanol–water partition coefficient (Wildman–Crippen LogP) is 2.59. The van der Waals surface area contributed by atoms with Gasteiger partial charge in [0, 0.05) is 26.1 Å². The maximum atomic E-state index is 12.9. The molecule has 2 rings (SSSR count). The van der Waals surface area contributed by atoms with E-state index in [1.165, 1.54) is 12.1 Å². The third-order valence-corrected chi connectivity index (χ3v) is 4.12. The van der Waals surface area contributed by atoms with Crippen molar-refractivity contribution in [2.75, 3.05) is 32.7 Å². The highest BCUT2D eigenvalue weighted by atomic mass is 19.1. The van der Waals surface area contributed by atoms with Gasteiger partial charge in [0.05, 0.1) is 0 Å². The van der Waals surface area contributed by atoms with Gasteiger partial charge in [-0.2, -0.15) is 0 Å². The van der Waals surface area contributed by atoms with E-state index in [0.717, 1.165) is 64.1 Å². The van der Waals surface area contributed by atoms with Crippen LogP contribution in [0.2, 0.25) is 0 Å². The first-order valence-corrected chi connectivity index (χ1v) is 8.04. The lowest BCUT2D eigenvalue weighted by molar-refractivity contribution is -0.137. The number of aliphatic carboxylic acids is 1. The van der Waals surface area contributed by atoms with Crippen LogP contribution in [0.25, 0.3) is 0 Å². The van der Waals surface area contributed by atoms with E-state index in [1.807, 2.05) is 12.1 Å². The average Bonchev–Trinajstić information content (AvgIpc) is 2.71. The molecular weight excluding hydrogens is 283 g/mol. The molecular formula is C17H25FN2O2. The molecule has 0 spiro atoms. The van der Waals surface area contributed by atoms with Crippen molar-refractivity contribution < 1.29 is 14.3 Å². The molecule has 1 saturated heterocycles. The summed E-state index contributed by atoms with van der Waals surface area (Å²) < 4.78 is 12.9. The van der Waals surface area contributed by atoms with Crippen molar-refractivity contribution in [1.29, 1.82) is 0 Å². The lowest BCUT2D eigenvalue weighted by atomic mass is 10.2. The van der Waals surface area contributed by atoms with Crippen molar-refractivity contribution in [1.82, 2.24) is 9.80 Å². The second-order valence-corrected chi connectivity index (χ2v) is 5.95. The summed E-state index contributed by atoms with van der Waals surface area (Å²) >= 11 is 0. The number of carboxylic acid groups (broad SMARTS) is 1. The highest BCUT2D eigenvalue weighted by Gasteiger charge is 2.14. The smallest absolute Gasteiger partial charge is 0.303 e. The molecule has 1 aromatic carbocycles. The first-order valence-electron chi connectivity index (χ1n) is 8.04. The van der Waals surface area contributed by atoms with Gasteiger partial charge in [0.1, 0.15) is 5.82 Å². The van der Waals surface area contributed by atoms with E-state index in [1.54, 1.807) is 0 Å².